The van der Waals surface area contributed by atoms with Crippen molar-refractivity contribution in [2.45, 2.75) is 6.04 Å². The van der Waals surface area contributed by atoms with Crippen LogP contribution in [0.2, 0.25) is 0 Å². The topological polar surface area (TPSA) is 54.5 Å². The zero-order chi connectivity index (χ0) is 17.9. The molecule has 3 aromatic rings. The highest BCUT2D eigenvalue weighted by molar-refractivity contribution is 5.95. The maximum Gasteiger partial charge on any atom is 0.273 e. The highest BCUT2D eigenvalue weighted by Crippen LogP contribution is 2.26. The summed E-state index contributed by atoms with van der Waals surface area (Å²) in [6.07, 6.45) is 0. The average molecular weight is 347 g/mol. The van der Waals surface area contributed by atoms with Crippen LogP contribution in [0, 0.1) is 0 Å². The van der Waals surface area contributed by atoms with Crippen molar-refractivity contribution in [1.82, 2.24) is 15.2 Å². The van der Waals surface area contributed by atoms with E-state index in [0.29, 0.717) is 12.2 Å². The molecule has 1 saturated heterocycles. The number of hydrogen-bond acceptors (Lipinski definition) is 4. The SMILES string of the molecule is COc1ccc(C2CNCCN2C(=O)c2ccc3ccccc3n2)cc1. The molecule has 5 heteroatoms. The Morgan fingerprint density at radius 2 is 1.92 bits per heavy atom. The Balaban J connectivity index is 1.64. The van der Waals surface area contributed by atoms with E-state index in [1.165, 1.54) is 0 Å². The molecule has 1 fully saturated rings. The quantitative estimate of drug-likeness (QED) is 0.791. The van der Waals surface area contributed by atoms with Crippen LogP contribution in [0.4, 0.5) is 0 Å². The van der Waals surface area contributed by atoms with E-state index in [-0.39, 0.29) is 11.9 Å². The standard InChI is InChI=1S/C21H21N3O2/c1-26-17-9-6-16(7-10-17)20-14-22-12-13-24(20)21(25)19-11-8-15-4-2-3-5-18(15)23-19/h2-11,20,22H,12-14H2,1H3. The van der Waals surface area contributed by atoms with Crippen LogP contribution in [0.3, 0.4) is 0 Å². The van der Waals surface area contributed by atoms with Crippen molar-refractivity contribution in [3.63, 3.8) is 0 Å². The van der Waals surface area contributed by atoms with Crippen molar-refractivity contribution >= 4 is 16.8 Å². The zero-order valence-electron chi connectivity index (χ0n) is 14.7. The Morgan fingerprint density at radius 1 is 1.12 bits per heavy atom. The Morgan fingerprint density at radius 3 is 2.73 bits per heavy atom. The minimum absolute atomic E-state index is 0.0181. The fourth-order valence-electron chi connectivity index (χ4n) is 3.40. The van der Waals surface area contributed by atoms with Gasteiger partial charge < -0.3 is 15.0 Å². The first-order chi connectivity index (χ1) is 12.8. The van der Waals surface area contributed by atoms with Crippen LogP contribution in [0.15, 0.2) is 60.7 Å². The molecule has 2 aromatic carbocycles. The van der Waals surface area contributed by atoms with E-state index in [1.54, 1.807) is 7.11 Å². The van der Waals surface area contributed by atoms with Gasteiger partial charge in [0.05, 0.1) is 18.7 Å². The number of nitrogens with zero attached hydrogens (tertiary/aromatic N) is 2. The van der Waals surface area contributed by atoms with E-state index in [9.17, 15) is 4.79 Å². The zero-order valence-corrected chi connectivity index (χ0v) is 14.7. The fourth-order valence-corrected chi connectivity index (χ4v) is 3.40. The first-order valence-electron chi connectivity index (χ1n) is 8.78. The molecule has 1 atom stereocenters. The van der Waals surface area contributed by atoms with Crippen LogP contribution in [-0.4, -0.2) is 42.5 Å². The van der Waals surface area contributed by atoms with Crippen molar-refractivity contribution in [3.8, 4) is 5.75 Å². The number of aromatic nitrogens is 1. The third-order valence-electron chi connectivity index (χ3n) is 4.82. The second-order valence-corrected chi connectivity index (χ2v) is 6.38. The molecular formula is C21H21N3O2. The summed E-state index contributed by atoms with van der Waals surface area (Å²) >= 11 is 0. The fraction of sp³-hybridized carbons (Fsp3) is 0.238. The Hall–Kier alpha value is -2.92. The van der Waals surface area contributed by atoms with E-state index in [0.717, 1.165) is 35.3 Å². The van der Waals surface area contributed by atoms with Crippen molar-refractivity contribution in [3.05, 3.63) is 71.9 Å². The van der Waals surface area contributed by atoms with Gasteiger partial charge in [0, 0.05) is 25.0 Å². The van der Waals surface area contributed by atoms with Gasteiger partial charge in [-0.25, -0.2) is 4.98 Å². The van der Waals surface area contributed by atoms with Gasteiger partial charge in [-0.05, 0) is 29.8 Å². The maximum atomic E-state index is 13.2. The van der Waals surface area contributed by atoms with E-state index in [2.05, 4.69) is 10.3 Å². The number of pyridine rings is 1. The minimum Gasteiger partial charge on any atom is -0.497 e. The van der Waals surface area contributed by atoms with Gasteiger partial charge in [-0.3, -0.25) is 4.79 Å². The molecule has 0 aliphatic carbocycles. The summed E-state index contributed by atoms with van der Waals surface area (Å²) in [4.78, 5) is 19.6. The molecule has 26 heavy (non-hydrogen) atoms. The van der Waals surface area contributed by atoms with Gasteiger partial charge in [0.15, 0.2) is 0 Å². The van der Waals surface area contributed by atoms with Gasteiger partial charge in [-0.1, -0.05) is 36.4 Å². The lowest BCUT2D eigenvalue weighted by Crippen LogP contribution is -2.48. The van der Waals surface area contributed by atoms with Gasteiger partial charge in [-0.15, -0.1) is 0 Å². The number of benzene rings is 2. The number of ether oxygens (including phenoxy) is 1. The average Bonchev–Trinajstić information content (AvgIpc) is 2.73. The lowest BCUT2D eigenvalue weighted by atomic mass is 10.0. The molecule has 4 rings (SSSR count). The van der Waals surface area contributed by atoms with Crippen molar-refractivity contribution in [1.29, 1.82) is 0 Å². The van der Waals surface area contributed by atoms with Gasteiger partial charge in [0.1, 0.15) is 11.4 Å². The molecular weight excluding hydrogens is 326 g/mol. The number of carbonyl (C=O) groups excluding carboxylic acids is 1. The van der Waals surface area contributed by atoms with Crippen LogP contribution in [0.1, 0.15) is 22.1 Å². The number of methoxy groups -OCH3 is 1. The van der Waals surface area contributed by atoms with Crippen LogP contribution in [0.5, 0.6) is 5.75 Å². The second-order valence-electron chi connectivity index (χ2n) is 6.38. The first kappa shape index (κ1) is 16.5. The minimum atomic E-state index is -0.0296. The van der Waals surface area contributed by atoms with Crippen molar-refractivity contribution in [2.24, 2.45) is 0 Å². The number of hydrogen-bond donors (Lipinski definition) is 1. The Bertz CT molecular complexity index is 924. The summed E-state index contributed by atoms with van der Waals surface area (Å²) in [5.41, 5.74) is 2.42. The first-order valence-corrected chi connectivity index (χ1v) is 8.78. The maximum absolute atomic E-state index is 13.2. The number of rotatable bonds is 3. The number of piperazine rings is 1. The van der Waals surface area contributed by atoms with Gasteiger partial charge in [0.25, 0.3) is 5.91 Å². The predicted octanol–water partition coefficient (Wildman–Crippen LogP) is 3.03. The van der Waals surface area contributed by atoms with Crippen LogP contribution >= 0.6 is 0 Å². The molecule has 1 aromatic heterocycles. The summed E-state index contributed by atoms with van der Waals surface area (Å²) in [6, 6.07) is 19.5. The third-order valence-corrected chi connectivity index (χ3v) is 4.82. The summed E-state index contributed by atoms with van der Waals surface area (Å²) in [5, 5.41) is 4.42. The molecule has 1 aliphatic rings. The monoisotopic (exact) mass is 347 g/mol. The smallest absolute Gasteiger partial charge is 0.273 e. The highest BCUT2D eigenvalue weighted by Gasteiger charge is 2.29. The molecule has 0 radical (unpaired) electrons. The van der Waals surface area contributed by atoms with Crippen LogP contribution in [0.25, 0.3) is 10.9 Å². The molecule has 5 nitrogen and oxygen atoms in total. The largest absolute Gasteiger partial charge is 0.497 e. The number of amides is 1. The molecule has 132 valence electrons. The molecule has 1 N–H and O–H groups in total. The van der Waals surface area contributed by atoms with Gasteiger partial charge >= 0.3 is 0 Å². The van der Waals surface area contributed by atoms with E-state index >= 15 is 0 Å². The van der Waals surface area contributed by atoms with Crippen LogP contribution in [-0.2, 0) is 0 Å². The Labute approximate surface area is 152 Å². The normalized spacial score (nSPS) is 17.3. The number of carbonyl (C=O) groups is 1. The van der Waals surface area contributed by atoms with E-state index in [4.69, 9.17) is 4.74 Å². The summed E-state index contributed by atoms with van der Waals surface area (Å²) in [7, 11) is 1.65. The van der Waals surface area contributed by atoms with Gasteiger partial charge in [-0.2, -0.15) is 0 Å². The number of nitrogens with one attached hydrogen (secondary N) is 1. The molecule has 1 unspecified atom stereocenters. The molecule has 2 heterocycles. The number of para-hydroxylation sites is 1. The highest BCUT2D eigenvalue weighted by atomic mass is 16.5. The molecule has 0 bridgehead atoms. The lowest BCUT2D eigenvalue weighted by Gasteiger charge is -2.36. The summed E-state index contributed by atoms with van der Waals surface area (Å²) in [6.45, 7) is 2.17. The van der Waals surface area contributed by atoms with Gasteiger partial charge in [0.2, 0.25) is 0 Å². The summed E-state index contributed by atoms with van der Waals surface area (Å²) in [5.74, 6) is 0.782. The third kappa shape index (κ3) is 3.13. The predicted molar refractivity (Wildman–Crippen MR) is 101 cm³/mol. The number of fused-ring (bicyclic) bond motifs is 1. The van der Waals surface area contributed by atoms with Crippen LogP contribution < -0.4 is 10.1 Å². The van der Waals surface area contributed by atoms with Crippen molar-refractivity contribution < 1.29 is 9.53 Å². The molecule has 1 aliphatic heterocycles. The lowest BCUT2D eigenvalue weighted by molar-refractivity contribution is 0.0628. The molecule has 0 spiro atoms. The van der Waals surface area contributed by atoms with Crippen molar-refractivity contribution in [2.75, 3.05) is 26.7 Å². The molecule has 1 amide bonds. The van der Waals surface area contributed by atoms with E-state index in [1.807, 2.05) is 65.6 Å². The second kappa shape index (κ2) is 7.14. The summed E-state index contributed by atoms with van der Waals surface area (Å²) < 4.78 is 5.23. The Kier molecular flexibility index (Phi) is 4.54. The molecule has 0 saturated carbocycles. The van der Waals surface area contributed by atoms with E-state index < -0.39 is 0 Å².